The minimum atomic E-state index is -5.02. The summed E-state index contributed by atoms with van der Waals surface area (Å²) in [7, 11) is -5.02. The molecule has 16 heavy (non-hydrogen) atoms. The average molecular weight is 262 g/mol. The van der Waals surface area contributed by atoms with Gasteiger partial charge in [0.15, 0.2) is 0 Å². The summed E-state index contributed by atoms with van der Waals surface area (Å²) in [5, 5.41) is 44.5. The van der Waals surface area contributed by atoms with E-state index in [-0.39, 0.29) is 0 Å². The molecule has 0 radical (unpaired) electrons. The maximum atomic E-state index is 10.5. The number of aliphatic hydroxyl groups is 5. The quantitative estimate of drug-likeness (QED) is 0.230. The second-order valence-corrected chi connectivity index (χ2v) is 4.24. The lowest BCUT2D eigenvalue weighted by Gasteiger charge is -2.28. The zero-order valence-electron chi connectivity index (χ0n) is 8.12. The summed E-state index contributed by atoms with van der Waals surface area (Å²) < 4.78 is 14.5. The van der Waals surface area contributed by atoms with Gasteiger partial charge in [-0.15, -0.1) is 0 Å². The summed E-state index contributed by atoms with van der Waals surface area (Å²) in [5.41, 5.74) is 0. The second kappa shape index (κ2) is 6.60. The van der Waals surface area contributed by atoms with E-state index in [1.54, 1.807) is 0 Å². The average Bonchev–Trinajstić information content (AvgIpc) is 2.21. The van der Waals surface area contributed by atoms with E-state index < -0.39 is 45.5 Å². The van der Waals surface area contributed by atoms with E-state index in [0.717, 1.165) is 0 Å². The Bertz CT molecular complexity index is 240. The van der Waals surface area contributed by atoms with Gasteiger partial charge < -0.3 is 35.3 Å². The fourth-order valence-electron chi connectivity index (χ4n) is 0.950. The van der Waals surface area contributed by atoms with Crippen molar-refractivity contribution in [1.82, 2.24) is 0 Å². The lowest BCUT2D eigenvalue weighted by Crippen LogP contribution is -2.48. The van der Waals surface area contributed by atoms with Crippen LogP contribution in [0.4, 0.5) is 0 Å². The fraction of sp³-hybridized carbons (Fsp3) is 1.00. The van der Waals surface area contributed by atoms with Crippen LogP contribution in [-0.2, 0) is 9.09 Å². The van der Waals surface area contributed by atoms with E-state index in [1.165, 1.54) is 0 Å². The molecule has 9 nitrogen and oxygen atoms in total. The highest BCUT2D eigenvalue weighted by Gasteiger charge is 2.37. The Labute approximate surface area is 90.8 Å². The Morgan fingerprint density at radius 3 is 1.75 bits per heavy atom. The van der Waals surface area contributed by atoms with Gasteiger partial charge in [-0.3, -0.25) is 4.52 Å². The smallest absolute Gasteiger partial charge is 0.394 e. The molecule has 0 saturated heterocycles. The van der Waals surface area contributed by atoms with E-state index in [2.05, 4.69) is 4.52 Å². The number of phosphoric ester groups is 1. The Kier molecular flexibility index (Phi) is 6.56. The molecule has 0 aliphatic rings. The number of rotatable bonds is 7. The normalized spacial score (nSPS) is 20.2. The summed E-state index contributed by atoms with van der Waals surface area (Å²) in [5.74, 6) is 0. The second-order valence-electron chi connectivity index (χ2n) is 3.05. The molecule has 0 aromatic heterocycles. The van der Waals surface area contributed by atoms with Crippen molar-refractivity contribution in [1.29, 1.82) is 0 Å². The first kappa shape index (κ1) is 15.9. The van der Waals surface area contributed by atoms with Gasteiger partial charge in [-0.2, -0.15) is 0 Å². The monoisotopic (exact) mass is 262 g/mol. The highest BCUT2D eigenvalue weighted by Crippen LogP contribution is 2.39. The van der Waals surface area contributed by atoms with E-state index in [9.17, 15) is 9.67 Å². The molecule has 7 N–H and O–H groups in total. The largest absolute Gasteiger partial charge is 0.470 e. The third-order valence-corrected chi connectivity index (χ3v) is 2.26. The molecule has 0 aliphatic carbocycles. The molecular formula is C6H15O9P. The van der Waals surface area contributed by atoms with Gasteiger partial charge in [0.25, 0.3) is 0 Å². The minimum absolute atomic E-state index is 0.902. The van der Waals surface area contributed by atoms with E-state index in [4.69, 9.17) is 30.2 Å². The molecular weight excluding hydrogens is 247 g/mol. The molecule has 0 aromatic rings. The van der Waals surface area contributed by atoms with Gasteiger partial charge in [-0.25, -0.2) is 4.57 Å². The Hall–Kier alpha value is -0.0900. The van der Waals surface area contributed by atoms with E-state index in [1.807, 2.05) is 0 Å². The molecule has 0 fully saturated rings. The maximum absolute atomic E-state index is 10.5. The predicted octanol–water partition coefficient (Wildman–Crippen LogP) is -3.47. The Morgan fingerprint density at radius 2 is 1.44 bits per heavy atom. The number of aliphatic hydroxyl groups excluding tert-OH is 5. The standard InChI is InChI=1S/C6H15O9P/c7-1-3(9)5(11)6(4(10)2-8)15-16(12,13)14/h3-11H,1-2H2,(H2,12,13,14)/t3-,4+,5+,6-/m1/s1. The first-order valence-electron chi connectivity index (χ1n) is 4.22. The van der Waals surface area contributed by atoms with Gasteiger partial charge in [0.1, 0.15) is 24.4 Å². The van der Waals surface area contributed by atoms with E-state index >= 15 is 0 Å². The molecule has 0 amide bonds. The highest BCUT2D eigenvalue weighted by molar-refractivity contribution is 7.46. The molecule has 0 saturated carbocycles. The van der Waals surface area contributed by atoms with Crippen LogP contribution in [0.25, 0.3) is 0 Å². The van der Waals surface area contributed by atoms with Gasteiger partial charge in [-0.05, 0) is 0 Å². The van der Waals surface area contributed by atoms with Crippen molar-refractivity contribution in [2.45, 2.75) is 24.4 Å². The molecule has 0 heterocycles. The number of phosphoric acid groups is 1. The Morgan fingerprint density at radius 1 is 1.00 bits per heavy atom. The van der Waals surface area contributed by atoms with Gasteiger partial charge in [0.05, 0.1) is 13.2 Å². The van der Waals surface area contributed by atoms with Crippen LogP contribution in [-0.4, -0.2) is 72.9 Å². The first-order valence-corrected chi connectivity index (χ1v) is 5.75. The number of hydrogen-bond donors (Lipinski definition) is 7. The third-order valence-electron chi connectivity index (χ3n) is 1.74. The summed E-state index contributed by atoms with van der Waals surface area (Å²) >= 11 is 0. The molecule has 98 valence electrons. The third kappa shape index (κ3) is 5.30. The predicted molar refractivity (Wildman–Crippen MR) is 49.1 cm³/mol. The number of hydrogen-bond acceptors (Lipinski definition) is 7. The first-order chi connectivity index (χ1) is 7.22. The molecule has 0 spiro atoms. The maximum Gasteiger partial charge on any atom is 0.470 e. The van der Waals surface area contributed by atoms with Crippen molar-refractivity contribution in [3.05, 3.63) is 0 Å². The zero-order valence-corrected chi connectivity index (χ0v) is 9.01. The van der Waals surface area contributed by atoms with Crippen molar-refractivity contribution in [3.63, 3.8) is 0 Å². The van der Waals surface area contributed by atoms with Crippen LogP contribution in [0.2, 0.25) is 0 Å². The van der Waals surface area contributed by atoms with Crippen LogP contribution in [0, 0.1) is 0 Å². The molecule has 0 bridgehead atoms. The molecule has 10 heteroatoms. The summed E-state index contributed by atoms with van der Waals surface area (Å²) in [6.07, 6.45) is -7.46. The van der Waals surface area contributed by atoms with Crippen molar-refractivity contribution in [2.75, 3.05) is 13.2 Å². The van der Waals surface area contributed by atoms with Gasteiger partial charge >= 0.3 is 7.82 Å². The fourth-order valence-corrected chi connectivity index (χ4v) is 1.53. The van der Waals surface area contributed by atoms with Crippen LogP contribution >= 0.6 is 7.82 Å². The van der Waals surface area contributed by atoms with Crippen LogP contribution in [0.5, 0.6) is 0 Å². The summed E-state index contributed by atoms with van der Waals surface area (Å²) in [4.78, 5) is 17.0. The lowest BCUT2D eigenvalue weighted by molar-refractivity contribution is -0.119. The molecule has 0 unspecified atom stereocenters. The van der Waals surface area contributed by atoms with Crippen molar-refractivity contribution in [3.8, 4) is 0 Å². The molecule has 0 aromatic carbocycles. The SMILES string of the molecule is O=P(O)(O)O[C@@H]([C@@H](O)[C@H](O)CO)[C@@H](O)CO. The van der Waals surface area contributed by atoms with Crippen molar-refractivity contribution >= 4 is 7.82 Å². The van der Waals surface area contributed by atoms with Crippen LogP contribution in [0.3, 0.4) is 0 Å². The lowest BCUT2D eigenvalue weighted by atomic mass is 10.0. The minimum Gasteiger partial charge on any atom is -0.394 e. The van der Waals surface area contributed by atoms with Gasteiger partial charge in [-0.1, -0.05) is 0 Å². The van der Waals surface area contributed by atoms with Gasteiger partial charge in [0, 0.05) is 0 Å². The molecule has 4 atom stereocenters. The highest BCUT2D eigenvalue weighted by atomic mass is 31.2. The summed E-state index contributed by atoms with van der Waals surface area (Å²) in [6.45, 7) is -1.85. The van der Waals surface area contributed by atoms with Crippen molar-refractivity contribution < 1.29 is 44.4 Å². The molecule has 0 rings (SSSR count). The van der Waals surface area contributed by atoms with Crippen molar-refractivity contribution in [2.24, 2.45) is 0 Å². The zero-order chi connectivity index (χ0) is 12.9. The van der Waals surface area contributed by atoms with Gasteiger partial charge in [0.2, 0.25) is 0 Å². The topological polar surface area (TPSA) is 168 Å². The van der Waals surface area contributed by atoms with Crippen LogP contribution < -0.4 is 0 Å². The molecule has 0 aliphatic heterocycles. The summed E-state index contributed by atoms with van der Waals surface area (Å²) in [6, 6.07) is 0. The van der Waals surface area contributed by atoms with E-state index in [0.29, 0.717) is 0 Å². The van der Waals surface area contributed by atoms with Crippen LogP contribution in [0.15, 0.2) is 0 Å². The Balaban J connectivity index is 4.73. The van der Waals surface area contributed by atoms with Crippen LogP contribution in [0.1, 0.15) is 0 Å².